The number of benzene rings is 2. The molecule has 6 nitrogen and oxygen atoms in total. The summed E-state index contributed by atoms with van der Waals surface area (Å²) in [6, 6.07) is 15.4. The molecule has 0 spiro atoms. The monoisotopic (exact) mass is 368 g/mol. The zero-order valence-electron chi connectivity index (χ0n) is 13.9. The highest BCUT2D eigenvalue weighted by Gasteiger charge is 2.08. The van der Waals surface area contributed by atoms with Crippen LogP contribution in [0.25, 0.3) is 11.3 Å². The van der Waals surface area contributed by atoms with Crippen LogP contribution in [0.2, 0.25) is 0 Å². The highest BCUT2D eigenvalue weighted by molar-refractivity contribution is 7.98. The largest absolute Gasteiger partial charge is 0.497 e. The van der Waals surface area contributed by atoms with E-state index in [0.29, 0.717) is 22.4 Å². The van der Waals surface area contributed by atoms with Gasteiger partial charge < -0.3 is 14.8 Å². The summed E-state index contributed by atoms with van der Waals surface area (Å²) >= 11 is 1.34. The van der Waals surface area contributed by atoms with Gasteiger partial charge in [-0.3, -0.25) is 4.79 Å². The van der Waals surface area contributed by atoms with Crippen LogP contribution in [0.1, 0.15) is 15.9 Å². The van der Waals surface area contributed by atoms with Crippen LogP contribution in [0.4, 0.5) is 0 Å². The number of hydrogen-bond acceptors (Lipinski definition) is 5. The molecular formula is C19H16N2O4S. The van der Waals surface area contributed by atoms with Crippen molar-refractivity contribution < 1.29 is 14.6 Å². The van der Waals surface area contributed by atoms with E-state index >= 15 is 0 Å². The normalized spacial score (nSPS) is 10.5. The van der Waals surface area contributed by atoms with E-state index in [-0.39, 0.29) is 11.1 Å². The Kier molecular flexibility index (Phi) is 5.38. The zero-order chi connectivity index (χ0) is 18.5. The second-order valence-corrected chi connectivity index (χ2v) is 6.43. The second kappa shape index (κ2) is 7.88. The first kappa shape index (κ1) is 17.8. The average Bonchev–Trinajstić information content (AvgIpc) is 2.66. The molecule has 2 N–H and O–H groups in total. The Morgan fingerprint density at radius 2 is 2.00 bits per heavy atom. The van der Waals surface area contributed by atoms with Crippen LogP contribution >= 0.6 is 11.8 Å². The number of nitrogens with zero attached hydrogens (tertiary/aromatic N) is 1. The maximum absolute atomic E-state index is 12.0. The SMILES string of the molecule is COc1cccc(-c2cc(=O)[nH]c(SCc3cccc(C(=O)O)c3)n2)c1. The molecule has 0 amide bonds. The molecule has 0 fully saturated rings. The average molecular weight is 368 g/mol. The number of rotatable bonds is 6. The van der Waals surface area contributed by atoms with Gasteiger partial charge in [-0.25, -0.2) is 9.78 Å². The first-order chi connectivity index (χ1) is 12.5. The molecule has 132 valence electrons. The van der Waals surface area contributed by atoms with Crippen molar-refractivity contribution in [2.45, 2.75) is 10.9 Å². The minimum atomic E-state index is -0.969. The first-order valence-electron chi connectivity index (χ1n) is 7.76. The molecule has 3 aromatic rings. The number of H-pyrrole nitrogens is 1. The maximum atomic E-state index is 12.0. The lowest BCUT2D eigenvalue weighted by atomic mass is 10.1. The Morgan fingerprint density at radius 1 is 1.19 bits per heavy atom. The second-order valence-electron chi connectivity index (χ2n) is 5.46. The first-order valence-corrected chi connectivity index (χ1v) is 8.74. The topological polar surface area (TPSA) is 92.3 Å². The van der Waals surface area contributed by atoms with Crippen LogP contribution in [0.15, 0.2) is 64.5 Å². The van der Waals surface area contributed by atoms with Gasteiger partial charge in [-0.2, -0.15) is 0 Å². The van der Waals surface area contributed by atoms with Crippen LogP contribution in [0.5, 0.6) is 5.75 Å². The lowest BCUT2D eigenvalue weighted by molar-refractivity contribution is 0.0697. The molecule has 26 heavy (non-hydrogen) atoms. The third-order valence-electron chi connectivity index (χ3n) is 3.63. The van der Waals surface area contributed by atoms with E-state index in [0.717, 1.165) is 11.1 Å². The van der Waals surface area contributed by atoms with Crippen molar-refractivity contribution in [2.75, 3.05) is 7.11 Å². The predicted octanol–water partition coefficient (Wildman–Crippen LogP) is 3.44. The van der Waals surface area contributed by atoms with Crippen molar-refractivity contribution in [1.82, 2.24) is 9.97 Å². The molecule has 0 aliphatic rings. The number of carboxylic acid groups (broad SMARTS) is 1. The standard InChI is InChI=1S/C19H16N2O4S/c1-25-15-7-3-5-13(9-15)16-10-17(22)21-19(20-16)26-11-12-4-2-6-14(8-12)18(23)24/h2-10H,11H2,1H3,(H,23,24)(H,20,21,22). The van der Waals surface area contributed by atoms with E-state index in [9.17, 15) is 9.59 Å². The number of carbonyl (C=O) groups is 1. The van der Waals surface area contributed by atoms with Gasteiger partial charge in [0, 0.05) is 17.4 Å². The molecule has 0 aliphatic carbocycles. The van der Waals surface area contributed by atoms with Gasteiger partial charge >= 0.3 is 5.97 Å². The van der Waals surface area contributed by atoms with Gasteiger partial charge in [0.1, 0.15) is 5.75 Å². The zero-order valence-corrected chi connectivity index (χ0v) is 14.7. The van der Waals surface area contributed by atoms with Crippen molar-refractivity contribution in [2.24, 2.45) is 0 Å². The summed E-state index contributed by atoms with van der Waals surface area (Å²) in [5.41, 5.74) is 2.15. The lowest BCUT2D eigenvalue weighted by Crippen LogP contribution is -2.08. The maximum Gasteiger partial charge on any atom is 0.335 e. The van der Waals surface area contributed by atoms with Gasteiger partial charge in [-0.1, -0.05) is 36.0 Å². The fraction of sp³-hybridized carbons (Fsp3) is 0.105. The van der Waals surface area contributed by atoms with Gasteiger partial charge in [0.2, 0.25) is 0 Å². The van der Waals surface area contributed by atoms with Gasteiger partial charge in [0.15, 0.2) is 5.16 Å². The molecule has 0 unspecified atom stereocenters. The number of nitrogens with one attached hydrogen (secondary N) is 1. The summed E-state index contributed by atoms with van der Waals surface area (Å²) in [6.07, 6.45) is 0. The molecule has 0 atom stereocenters. The van der Waals surface area contributed by atoms with E-state index in [4.69, 9.17) is 9.84 Å². The van der Waals surface area contributed by atoms with Crippen molar-refractivity contribution in [1.29, 1.82) is 0 Å². The molecule has 3 rings (SSSR count). The van der Waals surface area contributed by atoms with E-state index in [1.54, 1.807) is 25.3 Å². The van der Waals surface area contributed by atoms with E-state index in [1.165, 1.54) is 17.8 Å². The van der Waals surface area contributed by atoms with Gasteiger partial charge in [0.25, 0.3) is 5.56 Å². The van der Waals surface area contributed by atoms with Gasteiger partial charge in [-0.05, 0) is 29.8 Å². The Balaban J connectivity index is 1.83. The molecule has 0 saturated heterocycles. The van der Waals surface area contributed by atoms with Gasteiger partial charge in [-0.15, -0.1) is 0 Å². The Morgan fingerprint density at radius 3 is 2.77 bits per heavy atom. The fourth-order valence-electron chi connectivity index (χ4n) is 2.38. The summed E-state index contributed by atoms with van der Waals surface area (Å²) in [6.45, 7) is 0. The summed E-state index contributed by atoms with van der Waals surface area (Å²) in [7, 11) is 1.58. The number of aromatic amines is 1. The van der Waals surface area contributed by atoms with Gasteiger partial charge in [0.05, 0.1) is 18.4 Å². The number of carboxylic acids is 1. The molecule has 7 heteroatoms. The van der Waals surface area contributed by atoms with Crippen LogP contribution in [-0.4, -0.2) is 28.2 Å². The summed E-state index contributed by atoms with van der Waals surface area (Å²) in [5, 5.41) is 9.53. The highest BCUT2D eigenvalue weighted by atomic mass is 32.2. The Labute approximate surface area is 153 Å². The predicted molar refractivity (Wildman–Crippen MR) is 99.8 cm³/mol. The minimum absolute atomic E-state index is 0.231. The van der Waals surface area contributed by atoms with Crippen molar-refractivity contribution in [3.05, 3.63) is 76.1 Å². The molecular weight excluding hydrogens is 352 g/mol. The number of thioether (sulfide) groups is 1. The van der Waals surface area contributed by atoms with Crippen LogP contribution in [0, 0.1) is 0 Å². The van der Waals surface area contributed by atoms with E-state index in [2.05, 4.69) is 9.97 Å². The summed E-state index contributed by atoms with van der Waals surface area (Å²) < 4.78 is 5.21. The van der Waals surface area contributed by atoms with Crippen LogP contribution in [0.3, 0.4) is 0 Å². The molecule has 0 bridgehead atoms. The number of hydrogen-bond donors (Lipinski definition) is 2. The molecule has 0 radical (unpaired) electrons. The Hall–Kier alpha value is -3.06. The number of ether oxygens (including phenoxy) is 1. The van der Waals surface area contributed by atoms with Crippen molar-refractivity contribution in [3.8, 4) is 17.0 Å². The number of methoxy groups -OCH3 is 1. The highest BCUT2D eigenvalue weighted by Crippen LogP contribution is 2.24. The quantitative estimate of drug-likeness (QED) is 0.511. The minimum Gasteiger partial charge on any atom is -0.497 e. The fourth-order valence-corrected chi connectivity index (χ4v) is 3.20. The number of aromatic nitrogens is 2. The summed E-state index contributed by atoms with van der Waals surface area (Å²) in [5.74, 6) is 0.207. The molecule has 2 aromatic carbocycles. The van der Waals surface area contributed by atoms with Crippen molar-refractivity contribution >= 4 is 17.7 Å². The molecule has 1 heterocycles. The Bertz CT molecular complexity index is 1000. The molecule has 1 aromatic heterocycles. The summed E-state index contributed by atoms with van der Waals surface area (Å²) in [4.78, 5) is 30.2. The number of aromatic carboxylic acids is 1. The van der Waals surface area contributed by atoms with Crippen LogP contribution < -0.4 is 10.3 Å². The van der Waals surface area contributed by atoms with Crippen LogP contribution in [-0.2, 0) is 5.75 Å². The third-order valence-corrected chi connectivity index (χ3v) is 4.58. The van der Waals surface area contributed by atoms with Crippen molar-refractivity contribution in [3.63, 3.8) is 0 Å². The molecule has 0 saturated carbocycles. The molecule has 0 aliphatic heterocycles. The smallest absolute Gasteiger partial charge is 0.335 e. The van der Waals surface area contributed by atoms with E-state index in [1.807, 2.05) is 30.3 Å². The van der Waals surface area contributed by atoms with E-state index < -0.39 is 5.97 Å². The lowest BCUT2D eigenvalue weighted by Gasteiger charge is -2.06. The third kappa shape index (κ3) is 4.31.